The number of piperidine rings is 1. The van der Waals surface area contributed by atoms with Gasteiger partial charge in [-0.3, -0.25) is 9.59 Å². The summed E-state index contributed by atoms with van der Waals surface area (Å²) < 4.78 is 0.643. The Morgan fingerprint density at radius 1 is 0.828 bits per heavy atom. The van der Waals surface area contributed by atoms with Crippen LogP contribution in [0.25, 0.3) is 10.8 Å². The van der Waals surface area contributed by atoms with E-state index in [1.165, 1.54) is 11.3 Å². The van der Waals surface area contributed by atoms with Crippen LogP contribution < -0.4 is 9.80 Å². The van der Waals surface area contributed by atoms with Crippen LogP contribution in [0.15, 0.2) is 53.0 Å². The molecule has 0 radical (unpaired) electrons. The van der Waals surface area contributed by atoms with E-state index in [0.29, 0.717) is 26.3 Å². The molecule has 6 heteroatoms. The molecule has 0 unspecified atom stereocenters. The number of rotatable bonds is 2. The summed E-state index contributed by atoms with van der Waals surface area (Å²) in [6.45, 7) is 2.00. The van der Waals surface area contributed by atoms with Crippen molar-refractivity contribution in [1.29, 1.82) is 0 Å². The lowest BCUT2D eigenvalue weighted by Gasteiger charge is -2.32. The minimum atomic E-state index is -0.327. The maximum atomic E-state index is 13.4. The van der Waals surface area contributed by atoms with E-state index >= 15 is 0 Å². The standard InChI is InChI=1S/C23H18BrClN2O2/c24-18-9-7-14(25)13-20(18)27-22(28)16-6-4-5-15-19(26-11-2-1-3-12-26)10-8-17(21(15)16)23(27)29/h4-10,13H,1-3,11-12H2. The Bertz CT molecular complexity index is 1150. The fraction of sp³-hybridized carbons (Fsp3) is 0.217. The molecule has 0 bridgehead atoms. The van der Waals surface area contributed by atoms with E-state index in [1.54, 1.807) is 24.3 Å². The number of imide groups is 1. The first-order chi connectivity index (χ1) is 14.1. The van der Waals surface area contributed by atoms with Crippen molar-refractivity contribution in [2.45, 2.75) is 19.3 Å². The van der Waals surface area contributed by atoms with Gasteiger partial charge in [0.2, 0.25) is 0 Å². The first-order valence-corrected chi connectivity index (χ1v) is 10.9. The van der Waals surface area contributed by atoms with E-state index in [4.69, 9.17) is 11.6 Å². The van der Waals surface area contributed by atoms with Crippen molar-refractivity contribution >= 4 is 61.5 Å². The van der Waals surface area contributed by atoms with E-state index in [1.807, 2.05) is 24.3 Å². The first kappa shape index (κ1) is 18.6. The predicted molar refractivity (Wildman–Crippen MR) is 120 cm³/mol. The maximum absolute atomic E-state index is 13.4. The van der Waals surface area contributed by atoms with Gasteiger partial charge in [0.05, 0.1) is 5.69 Å². The van der Waals surface area contributed by atoms with Crippen LogP contribution in [0.5, 0.6) is 0 Å². The fourth-order valence-corrected chi connectivity index (χ4v) is 4.96. The predicted octanol–water partition coefficient (Wildman–Crippen LogP) is 6.05. The van der Waals surface area contributed by atoms with Gasteiger partial charge < -0.3 is 4.90 Å². The summed E-state index contributed by atoms with van der Waals surface area (Å²) in [6.07, 6.45) is 3.58. The Kier molecular flexibility index (Phi) is 4.60. The Morgan fingerprint density at radius 3 is 2.31 bits per heavy atom. The lowest BCUT2D eigenvalue weighted by molar-refractivity contribution is 0.0893. The molecule has 3 aromatic rings. The molecule has 29 heavy (non-hydrogen) atoms. The lowest BCUT2D eigenvalue weighted by Crippen LogP contribution is -2.41. The fourth-order valence-electron chi connectivity index (χ4n) is 4.37. The van der Waals surface area contributed by atoms with Crippen molar-refractivity contribution in [3.8, 4) is 0 Å². The highest BCUT2D eigenvalue weighted by Crippen LogP contribution is 2.40. The van der Waals surface area contributed by atoms with Gasteiger partial charge in [-0.2, -0.15) is 0 Å². The Morgan fingerprint density at radius 2 is 1.55 bits per heavy atom. The minimum Gasteiger partial charge on any atom is -0.371 e. The molecule has 0 aliphatic carbocycles. The number of benzene rings is 3. The van der Waals surface area contributed by atoms with E-state index in [2.05, 4.69) is 20.8 Å². The van der Waals surface area contributed by atoms with Crippen LogP contribution in [-0.2, 0) is 0 Å². The average molecular weight is 470 g/mol. The van der Waals surface area contributed by atoms with Crippen LogP contribution in [0.4, 0.5) is 11.4 Å². The molecule has 3 aromatic carbocycles. The molecule has 1 saturated heterocycles. The second-order valence-corrected chi connectivity index (χ2v) is 8.74. The molecule has 146 valence electrons. The second-order valence-electron chi connectivity index (χ2n) is 7.45. The quantitative estimate of drug-likeness (QED) is 0.429. The van der Waals surface area contributed by atoms with Gasteiger partial charge in [-0.25, -0.2) is 4.90 Å². The van der Waals surface area contributed by atoms with Gasteiger partial charge in [0.25, 0.3) is 11.8 Å². The van der Waals surface area contributed by atoms with Crippen molar-refractivity contribution < 1.29 is 9.59 Å². The van der Waals surface area contributed by atoms with Crippen molar-refractivity contribution in [1.82, 2.24) is 0 Å². The van der Waals surface area contributed by atoms with Gasteiger partial charge in [0, 0.05) is 50.2 Å². The second kappa shape index (κ2) is 7.15. The van der Waals surface area contributed by atoms with Crippen LogP contribution in [0.2, 0.25) is 5.02 Å². The van der Waals surface area contributed by atoms with E-state index in [0.717, 1.165) is 42.4 Å². The molecule has 0 atom stereocenters. The number of carbonyl (C=O) groups is 2. The zero-order valence-electron chi connectivity index (χ0n) is 15.6. The molecule has 4 nitrogen and oxygen atoms in total. The summed E-state index contributed by atoms with van der Waals surface area (Å²) in [4.78, 5) is 30.4. The number of carbonyl (C=O) groups excluding carboxylic acids is 2. The van der Waals surface area contributed by atoms with Crippen molar-refractivity contribution in [2.24, 2.45) is 0 Å². The molecule has 1 fully saturated rings. The van der Waals surface area contributed by atoms with Gasteiger partial charge in [-0.15, -0.1) is 0 Å². The average Bonchev–Trinajstić information content (AvgIpc) is 2.74. The molecule has 5 rings (SSSR count). The highest BCUT2D eigenvalue weighted by Gasteiger charge is 2.35. The van der Waals surface area contributed by atoms with Crippen LogP contribution in [0.1, 0.15) is 40.0 Å². The highest BCUT2D eigenvalue weighted by molar-refractivity contribution is 9.10. The molecule has 0 aromatic heterocycles. The molecule has 2 amide bonds. The van der Waals surface area contributed by atoms with Crippen molar-refractivity contribution in [3.63, 3.8) is 0 Å². The van der Waals surface area contributed by atoms with Gasteiger partial charge in [0.15, 0.2) is 0 Å². The third-order valence-electron chi connectivity index (χ3n) is 5.73. The zero-order chi connectivity index (χ0) is 20.1. The third kappa shape index (κ3) is 2.95. The topological polar surface area (TPSA) is 40.6 Å². The maximum Gasteiger partial charge on any atom is 0.266 e. The van der Waals surface area contributed by atoms with Gasteiger partial charge in [-0.05, 0) is 71.6 Å². The number of amides is 2. The molecule has 2 aliphatic heterocycles. The normalized spacial score (nSPS) is 16.6. The van der Waals surface area contributed by atoms with Gasteiger partial charge in [-0.1, -0.05) is 23.7 Å². The summed E-state index contributed by atoms with van der Waals surface area (Å²) in [5, 5.41) is 2.18. The van der Waals surface area contributed by atoms with Crippen LogP contribution in [0.3, 0.4) is 0 Å². The molecule has 0 N–H and O–H groups in total. The molecule has 2 aliphatic rings. The van der Waals surface area contributed by atoms with Gasteiger partial charge in [0.1, 0.15) is 0 Å². The Balaban J connectivity index is 1.70. The molecular weight excluding hydrogens is 452 g/mol. The monoisotopic (exact) mass is 468 g/mol. The molecular formula is C23H18BrClN2O2. The SMILES string of the molecule is O=C1c2cccc3c(N4CCCCC4)ccc(c23)C(=O)N1c1cc(Cl)ccc1Br. The Labute approximate surface area is 182 Å². The largest absolute Gasteiger partial charge is 0.371 e. The van der Waals surface area contributed by atoms with E-state index < -0.39 is 0 Å². The number of nitrogens with zero attached hydrogens (tertiary/aromatic N) is 2. The van der Waals surface area contributed by atoms with E-state index in [9.17, 15) is 9.59 Å². The molecule has 2 heterocycles. The summed E-state index contributed by atoms with van der Waals surface area (Å²) in [7, 11) is 0. The van der Waals surface area contributed by atoms with E-state index in [-0.39, 0.29) is 11.8 Å². The summed E-state index contributed by atoms with van der Waals surface area (Å²) in [6, 6.07) is 14.7. The minimum absolute atomic E-state index is 0.327. The first-order valence-electron chi connectivity index (χ1n) is 9.71. The van der Waals surface area contributed by atoms with Gasteiger partial charge >= 0.3 is 0 Å². The number of halogens is 2. The summed E-state index contributed by atoms with van der Waals surface area (Å²) >= 11 is 9.59. The third-order valence-corrected chi connectivity index (χ3v) is 6.64. The Hall–Kier alpha value is -2.37. The number of hydrogen-bond acceptors (Lipinski definition) is 3. The molecule has 0 spiro atoms. The number of anilines is 2. The summed E-state index contributed by atoms with van der Waals surface area (Å²) in [5.74, 6) is -0.654. The summed E-state index contributed by atoms with van der Waals surface area (Å²) in [5.41, 5.74) is 2.64. The van der Waals surface area contributed by atoms with Crippen molar-refractivity contribution in [2.75, 3.05) is 22.9 Å². The molecule has 0 saturated carbocycles. The lowest BCUT2D eigenvalue weighted by atomic mass is 9.92. The van der Waals surface area contributed by atoms with Crippen LogP contribution >= 0.6 is 27.5 Å². The van der Waals surface area contributed by atoms with Crippen molar-refractivity contribution in [3.05, 3.63) is 69.2 Å². The number of hydrogen-bond donors (Lipinski definition) is 0. The highest BCUT2D eigenvalue weighted by atomic mass is 79.9. The zero-order valence-corrected chi connectivity index (χ0v) is 18.0. The van der Waals surface area contributed by atoms with Crippen LogP contribution in [-0.4, -0.2) is 24.9 Å². The smallest absolute Gasteiger partial charge is 0.266 e. The van der Waals surface area contributed by atoms with Crippen LogP contribution in [0, 0.1) is 0 Å².